The zero-order chi connectivity index (χ0) is 15.9. The van der Waals surface area contributed by atoms with Crippen molar-refractivity contribution in [1.82, 2.24) is 19.2 Å². The summed E-state index contributed by atoms with van der Waals surface area (Å²) in [6.07, 6.45) is -3.12. The van der Waals surface area contributed by atoms with Crippen LogP contribution in [-0.4, -0.2) is 19.2 Å². The van der Waals surface area contributed by atoms with Crippen LogP contribution in [0.4, 0.5) is 13.2 Å². The number of alkyl halides is 3. The lowest BCUT2D eigenvalue weighted by atomic mass is 10.3. The molecule has 0 aliphatic carbocycles. The van der Waals surface area contributed by atoms with Crippen LogP contribution in [0.5, 0.6) is 0 Å². The molecule has 3 rings (SSSR count). The number of nitrogens with zero attached hydrogens (tertiary/aromatic N) is 4. The van der Waals surface area contributed by atoms with Gasteiger partial charge in [0.05, 0.1) is 12.2 Å². The van der Waals surface area contributed by atoms with Crippen molar-refractivity contribution in [3.63, 3.8) is 0 Å². The molecule has 3 heterocycles. The Morgan fingerprint density at radius 2 is 1.95 bits per heavy atom. The normalized spacial score (nSPS) is 12.0. The van der Waals surface area contributed by atoms with Gasteiger partial charge in [0.1, 0.15) is 0 Å². The second-order valence-corrected chi connectivity index (χ2v) is 5.23. The van der Waals surface area contributed by atoms with Crippen LogP contribution in [0, 0.1) is 0 Å². The molecule has 22 heavy (non-hydrogen) atoms. The van der Waals surface area contributed by atoms with Gasteiger partial charge in [-0.15, -0.1) is 11.3 Å². The first kappa shape index (κ1) is 14.4. The molecule has 0 atom stereocenters. The predicted molar refractivity (Wildman–Crippen MR) is 71.9 cm³/mol. The van der Waals surface area contributed by atoms with Gasteiger partial charge in [-0.2, -0.15) is 18.3 Å². The molecule has 0 spiro atoms. The monoisotopic (exact) mass is 328 g/mol. The number of fused-ring (bicyclic) bond motifs is 1. The summed E-state index contributed by atoms with van der Waals surface area (Å²) in [5.41, 5.74) is -2.09. The van der Waals surface area contributed by atoms with Crippen molar-refractivity contribution in [2.75, 3.05) is 0 Å². The number of hydrogen-bond acceptors (Lipinski definition) is 5. The van der Waals surface area contributed by atoms with Crippen LogP contribution in [0.15, 0.2) is 39.4 Å². The van der Waals surface area contributed by atoms with Gasteiger partial charge in [0, 0.05) is 23.7 Å². The molecule has 0 bridgehead atoms. The fourth-order valence-electron chi connectivity index (χ4n) is 1.84. The van der Waals surface area contributed by atoms with Crippen molar-refractivity contribution in [2.24, 2.45) is 0 Å². The van der Waals surface area contributed by atoms with Gasteiger partial charge < -0.3 is 0 Å². The molecule has 0 aromatic carbocycles. The first-order valence-electron chi connectivity index (χ1n) is 5.96. The highest BCUT2D eigenvalue weighted by Gasteiger charge is 2.33. The quantitative estimate of drug-likeness (QED) is 0.713. The second-order valence-electron chi connectivity index (χ2n) is 4.35. The Bertz CT molecular complexity index is 957. The summed E-state index contributed by atoms with van der Waals surface area (Å²) in [4.78, 5) is 27.9. The molecule has 0 N–H and O–H groups in total. The molecule has 0 amide bonds. The standard InChI is InChI=1S/C12H7F3N4O2S/c13-12(14,15)8-1-2-9(20)19(17-8)6-7-5-10(21)18-3-4-22-11(18)16-7/h1-5H,6H2. The summed E-state index contributed by atoms with van der Waals surface area (Å²) in [7, 11) is 0. The largest absolute Gasteiger partial charge is 0.435 e. The van der Waals surface area contributed by atoms with E-state index in [0.717, 1.165) is 12.1 Å². The predicted octanol–water partition coefficient (Wildman–Crippen LogP) is 1.38. The summed E-state index contributed by atoms with van der Waals surface area (Å²) >= 11 is 1.20. The number of rotatable bonds is 2. The van der Waals surface area contributed by atoms with Crippen LogP contribution in [0.3, 0.4) is 0 Å². The average Bonchev–Trinajstić information content (AvgIpc) is 2.89. The topological polar surface area (TPSA) is 69.3 Å². The zero-order valence-corrected chi connectivity index (χ0v) is 11.6. The SMILES string of the molecule is O=c1ccc(C(F)(F)F)nn1Cc1cc(=O)n2ccsc2n1. The van der Waals surface area contributed by atoms with Gasteiger partial charge in [-0.25, -0.2) is 9.67 Å². The van der Waals surface area contributed by atoms with E-state index in [1.165, 1.54) is 21.9 Å². The van der Waals surface area contributed by atoms with E-state index >= 15 is 0 Å². The van der Waals surface area contributed by atoms with Crippen LogP contribution in [0.2, 0.25) is 0 Å². The van der Waals surface area contributed by atoms with Crippen LogP contribution in [0.1, 0.15) is 11.4 Å². The third-order valence-corrected chi connectivity index (χ3v) is 3.58. The van der Waals surface area contributed by atoms with Crippen molar-refractivity contribution in [1.29, 1.82) is 0 Å². The Labute approximate surface area is 124 Å². The minimum absolute atomic E-state index is 0.168. The van der Waals surface area contributed by atoms with E-state index in [2.05, 4.69) is 10.1 Å². The highest BCUT2D eigenvalue weighted by atomic mass is 32.1. The maximum atomic E-state index is 12.6. The molecule has 0 saturated heterocycles. The zero-order valence-electron chi connectivity index (χ0n) is 10.7. The smallest absolute Gasteiger partial charge is 0.269 e. The van der Waals surface area contributed by atoms with E-state index < -0.39 is 17.4 Å². The molecule has 10 heteroatoms. The summed E-state index contributed by atoms with van der Waals surface area (Å²) in [5, 5.41) is 4.92. The lowest BCUT2D eigenvalue weighted by Gasteiger charge is -2.08. The highest BCUT2D eigenvalue weighted by molar-refractivity contribution is 7.15. The summed E-state index contributed by atoms with van der Waals surface area (Å²) in [6, 6.07) is 2.56. The fraction of sp³-hybridized carbons (Fsp3) is 0.167. The van der Waals surface area contributed by atoms with E-state index in [1.54, 1.807) is 5.38 Å². The molecule has 0 aliphatic rings. The van der Waals surface area contributed by atoms with E-state index in [0.29, 0.717) is 15.7 Å². The second kappa shape index (κ2) is 5.05. The van der Waals surface area contributed by atoms with Crippen molar-refractivity contribution in [3.05, 3.63) is 61.9 Å². The van der Waals surface area contributed by atoms with E-state index in [9.17, 15) is 22.8 Å². The Morgan fingerprint density at radius 1 is 1.18 bits per heavy atom. The molecule has 0 unspecified atom stereocenters. The first-order valence-corrected chi connectivity index (χ1v) is 6.84. The Morgan fingerprint density at radius 3 is 2.68 bits per heavy atom. The van der Waals surface area contributed by atoms with Crippen molar-refractivity contribution in [2.45, 2.75) is 12.7 Å². The Kier molecular flexibility index (Phi) is 3.32. The molecule has 114 valence electrons. The lowest BCUT2D eigenvalue weighted by Crippen LogP contribution is -2.27. The van der Waals surface area contributed by atoms with E-state index in [-0.39, 0.29) is 17.8 Å². The van der Waals surface area contributed by atoms with Gasteiger partial charge in [0.2, 0.25) is 0 Å². The van der Waals surface area contributed by atoms with Crippen LogP contribution in [0.25, 0.3) is 4.96 Å². The van der Waals surface area contributed by atoms with Crippen LogP contribution >= 0.6 is 11.3 Å². The molecular weight excluding hydrogens is 321 g/mol. The van der Waals surface area contributed by atoms with Crippen molar-refractivity contribution < 1.29 is 13.2 Å². The minimum atomic E-state index is -4.65. The molecule has 0 aliphatic heterocycles. The van der Waals surface area contributed by atoms with Crippen molar-refractivity contribution >= 4 is 16.3 Å². The maximum absolute atomic E-state index is 12.6. The van der Waals surface area contributed by atoms with E-state index in [1.807, 2.05) is 0 Å². The van der Waals surface area contributed by atoms with Crippen LogP contribution < -0.4 is 11.1 Å². The van der Waals surface area contributed by atoms with Gasteiger partial charge in [0.15, 0.2) is 10.7 Å². The number of aromatic nitrogens is 4. The molecule has 6 nitrogen and oxygen atoms in total. The van der Waals surface area contributed by atoms with Gasteiger partial charge >= 0.3 is 6.18 Å². The van der Waals surface area contributed by atoms with Gasteiger partial charge in [0.25, 0.3) is 11.1 Å². The number of hydrogen-bond donors (Lipinski definition) is 0. The minimum Gasteiger partial charge on any atom is -0.269 e. The average molecular weight is 328 g/mol. The number of halogens is 3. The molecule has 3 aromatic rings. The Balaban J connectivity index is 2.04. The molecular formula is C12H7F3N4O2S. The van der Waals surface area contributed by atoms with Gasteiger partial charge in [-0.3, -0.25) is 14.0 Å². The third kappa shape index (κ3) is 2.64. The summed E-state index contributed by atoms with van der Waals surface area (Å²) in [6.45, 7) is -0.313. The summed E-state index contributed by atoms with van der Waals surface area (Å²) in [5.74, 6) is 0. The molecule has 0 saturated carbocycles. The molecule has 3 aromatic heterocycles. The molecule has 0 fully saturated rings. The van der Waals surface area contributed by atoms with E-state index in [4.69, 9.17) is 0 Å². The third-order valence-electron chi connectivity index (χ3n) is 2.83. The highest BCUT2D eigenvalue weighted by Crippen LogP contribution is 2.26. The first-order chi connectivity index (χ1) is 10.3. The van der Waals surface area contributed by atoms with Crippen LogP contribution in [-0.2, 0) is 12.7 Å². The molecule has 0 radical (unpaired) electrons. The summed E-state index contributed by atoms with van der Waals surface area (Å²) < 4.78 is 39.8. The lowest BCUT2D eigenvalue weighted by molar-refractivity contribution is -0.142. The number of thiazole rings is 1. The van der Waals surface area contributed by atoms with Gasteiger partial charge in [-0.05, 0) is 6.07 Å². The Hall–Kier alpha value is -2.49. The van der Waals surface area contributed by atoms with Gasteiger partial charge in [-0.1, -0.05) is 0 Å². The van der Waals surface area contributed by atoms with Crippen molar-refractivity contribution in [3.8, 4) is 0 Å². The fourth-order valence-corrected chi connectivity index (χ4v) is 2.57. The maximum Gasteiger partial charge on any atom is 0.435 e.